The van der Waals surface area contributed by atoms with Crippen molar-refractivity contribution < 1.29 is 9.63 Å². The molecule has 0 heterocycles. The van der Waals surface area contributed by atoms with Gasteiger partial charge in [-0.15, -0.1) is 0 Å². The summed E-state index contributed by atoms with van der Waals surface area (Å²) in [6.07, 6.45) is 0.547. The Bertz CT molecular complexity index is 417. The van der Waals surface area contributed by atoms with Crippen LogP contribution in [0, 0.1) is 0 Å². The normalized spacial score (nSPS) is 11.4. The average molecular weight is 265 g/mol. The summed E-state index contributed by atoms with van der Waals surface area (Å²) in [5.41, 5.74) is 11.3. The third-order valence-electron chi connectivity index (χ3n) is 2.41. The molecule has 0 bridgehead atoms. The van der Waals surface area contributed by atoms with Gasteiger partial charge in [-0.2, -0.15) is 0 Å². The number of amides is 1. The molecule has 0 fully saturated rings. The minimum atomic E-state index is -0.415. The lowest BCUT2D eigenvalue weighted by molar-refractivity contribution is -0.123. The van der Waals surface area contributed by atoms with Crippen LogP contribution in [0.3, 0.4) is 0 Å². The molecule has 19 heavy (non-hydrogen) atoms. The number of nitrogens with two attached hydrogens (primary N) is 2. The average Bonchev–Trinajstić information content (AvgIpc) is 2.42. The summed E-state index contributed by atoms with van der Waals surface area (Å²) in [5.74, 6) is -0.293. The van der Waals surface area contributed by atoms with Crippen molar-refractivity contribution >= 4 is 11.9 Å². The quantitative estimate of drug-likeness (QED) is 0.168. The second-order valence-electron chi connectivity index (χ2n) is 3.85. The number of nitrogens with one attached hydrogen (secondary N) is 2. The number of benzene rings is 1. The second kappa shape index (κ2) is 7.93. The van der Waals surface area contributed by atoms with Crippen LogP contribution in [0.2, 0.25) is 0 Å². The summed E-state index contributed by atoms with van der Waals surface area (Å²) in [4.78, 5) is 16.5. The maximum atomic E-state index is 11.7. The number of likely N-dealkylation sites (N-methyl/N-ethyl adjacent to an activating group) is 1. The van der Waals surface area contributed by atoms with Gasteiger partial charge in [0.15, 0.2) is 6.73 Å². The molecular formula is C12H19N5O2. The Hall–Kier alpha value is -2.28. The second-order valence-corrected chi connectivity index (χ2v) is 3.85. The first-order valence-corrected chi connectivity index (χ1v) is 5.83. The summed E-state index contributed by atoms with van der Waals surface area (Å²) < 4.78 is 0. The third kappa shape index (κ3) is 5.73. The van der Waals surface area contributed by atoms with Crippen molar-refractivity contribution in [2.24, 2.45) is 16.6 Å². The zero-order chi connectivity index (χ0) is 14.1. The maximum Gasteiger partial charge on any atom is 0.237 e. The molecule has 104 valence electrons. The monoisotopic (exact) mass is 265 g/mol. The lowest BCUT2D eigenvalue weighted by Gasteiger charge is -2.16. The largest absolute Gasteiger partial charge is 0.377 e. The first-order valence-electron chi connectivity index (χ1n) is 5.83. The van der Waals surface area contributed by atoms with E-state index in [1.807, 2.05) is 30.3 Å². The van der Waals surface area contributed by atoms with Crippen molar-refractivity contribution in [2.75, 3.05) is 13.8 Å². The molecular weight excluding hydrogens is 246 g/mol. The number of carbonyl (C=O) groups excluding carboxylic acids is 1. The molecule has 0 unspecified atom stereocenters. The van der Waals surface area contributed by atoms with Crippen molar-refractivity contribution in [3.8, 4) is 0 Å². The molecule has 0 aliphatic carbocycles. The minimum absolute atomic E-state index is 0.0445. The van der Waals surface area contributed by atoms with Crippen LogP contribution in [0.15, 0.2) is 35.5 Å². The highest BCUT2D eigenvalue weighted by Crippen LogP contribution is 2.03. The summed E-state index contributed by atoms with van der Waals surface area (Å²) in [6, 6.07) is 9.26. The topological polar surface area (TPSA) is 115 Å². The van der Waals surface area contributed by atoms with E-state index in [1.165, 1.54) is 0 Å². The Morgan fingerprint density at radius 1 is 1.37 bits per heavy atom. The minimum Gasteiger partial charge on any atom is -0.377 e. The van der Waals surface area contributed by atoms with Crippen LogP contribution in [0.4, 0.5) is 0 Å². The zero-order valence-electron chi connectivity index (χ0n) is 10.8. The van der Waals surface area contributed by atoms with Crippen molar-refractivity contribution in [3.63, 3.8) is 0 Å². The molecule has 0 aliphatic heterocycles. The Balaban J connectivity index is 2.53. The van der Waals surface area contributed by atoms with Gasteiger partial charge in [0.1, 0.15) is 0 Å². The fourth-order valence-corrected chi connectivity index (χ4v) is 1.53. The summed E-state index contributed by atoms with van der Waals surface area (Å²) in [6.45, 7) is 0.0445. The number of carbonyl (C=O) groups is 1. The Kier molecular flexibility index (Phi) is 6.17. The number of hydrogen-bond donors (Lipinski definition) is 4. The van der Waals surface area contributed by atoms with E-state index in [2.05, 4.69) is 15.8 Å². The van der Waals surface area contributed by atoms with Crippen molar-refractivity contribution in [3.05, 3.63) is 35.9 Å². The molecule has 0 aliphatic rings. The van der Waals surface area contributed by atoms with Crippen molar-refractivity contribution in [2.45, 2.75) is 12.5 Å². The van der Waals surface area contributed by atoms with Gasteiger partial charge in [0.25, 0.3) is 0 Å². The van der Waals surface area contributed by atoms with Gasteiger partial charge in [-0.3, -0.25) is 10.1 Å². The smallest absolute Gasteiger partial charge is 0.237 e. The predicted octanol–water partition coefficient (Wildman–Crippen LogP) is -0.904. The molecule has 0 radical (unpaired) electrons. The van der Waals surface area contributed by atoms with E-state index >= 15 is 0 Å². The van der Waals surface area contributed by atoms with E-state index in [4.69, 9.17) is 16.3 Å². The van der Waals surface area contributed by atoms with Gasteiger partial charge in [-0.05, 0) is 17.1 Å². The molecule has 1 rings (SSSR count). The highest BCUT2D eigenvalue weighted by molar-refractivity contribution is 5.81. The van der Waals surface area contributed by atoms with Crippen LogP contribution in [0.1, 0.15) is 5.56 Å². The molecule has 1 aromatic rings. The molecule has 6 N–H and O–H groups in total. The summed E-state index contributed by atoms with van der Waals surface area (Å²) >= 11 is 0. The number of guanidine groups is 1. The van der Waals surface area contributed by atoms with Crippen LogP contribution in [-0.4, -0.2) is 31.7 Å². The molecule has 0 saturated carbocycles. The van der Waals surface area contributed by atoms with Gasteiger partial charge in [0.05, 0.1) is 6.04 Å². The Labute approximate surface area is 112 Å². The van der Waals surface area contributed by atoms with E-state index < -0.39 is 6.04 Å². The van der Waals surface area contributed by atoms with E-state index in [0.717, 1.165) is 5.56 Å². The summed E-state index contributed by atoms with van der Waals surface area (Å²) in [5, 5.41) is 8.88. The standard InChI is InChI=1S/C12H19N5O2/c1-15-11(18)10(16-8-19-17-12(13)14)7-9-5-3-2-4-6-9/h2-6,10,16H,7-8H2,1H3,(H,15,18)(H4,13,14,17)/t10-/m0/s1. The van der Waals surface area contributed by atoms with Gasteiger partial charge < -0.3 is 21.6 Å². The maximum absolute atomic E-state index is 11.7. The van der Waals surface area contributed by atoms with Crippen molar-refractivity contribution in [1.29, 1.82) is 0 Å². The molecule has 0 spiro atoms. The van der Waals surface area contributed by atoms with Crippen molar-refractivity contribution in [1.82, 2.24) is 10.6 Å². The van der Waals surface area contributed by atoms with Gasteiger partial charge in [0, 0.05) is 7.05 Å². The van der Waals surface area contributed by atoms with Crippen LogP contribution < -0.4 is 22.1 Å². The van der Waals surface area contributed by atoms with E-state index in [0.29, 0.717) is 6.42 Å². The number of rotatable bonds is 7. The zero-order valence-corrected chi connectivity index (χ0v) is 10.8. The Morgan fingerprint density at radius 3 is 2.63 bits per heavy atom. The molecule has 1 amide bonds. The number of hydrogen-bond acceptors (Lipinski definition) is 4. The third-order valence-corrected chi connectivity index (χ3v) is 2.41. The molecule has 1 aromatic carbocycles. The highest BCUT2D eigenvalue weighted by atomic mass is 16.6. The van der Waals surface area contributed by atoms with Gasteiger partial charge in [-0.25, -0.2) is 0 Å². The highest BCUT2D eigenvalue weighted by Gasteiger charge is 2.16. The van der Waals surface area contributed by atoms with Gasteiger partial charge in [0.2, 0.25) is 11.9 Å². The predicted molar refractivity (Wildman–Crippen MR) is 72.9 cm³/mol. The number of nitrogens with zero attached hydrogens (tertiary/aromatic N) is 1. The van der Waals surface area contributed by atoms with Crippen LogP contribution in [0.25, 0.3) is 0 Å². The van der Waals surface area contributed by atoms with Crippen LogP contribution in [-0.2, 0) is 16.1 Å². The summed E-state index contributed by atoms with van der Waals surface area (Å²) in [7, 11) is 1.58. The molecule has 7 heteroatoms. The van der Waals surface area contributed by atoms with Crippen LogP contribution >= 0.6 is 0 Å². The van der Waals surface area contributed by atoms with E-state index in [9.17, 15) is 4.79 Å². The lowest BCUT2D eigenvalue weighted by atomic mass is 10.1. The Morgan fingerprint density at radius 2 is 2.05 bits per heavy atom. The fraction of sp³-hybridized carbons (Fsp3) is 0.333. The first-order chi connectivity index (χ1) is 9.13. The molecule has 1 atom stereocenters. The fourth-order valence-electron chi connectivity index (χ4n) is 1.53. The lowest BCUT2D eigenvalue weighted by Crippen LogP contribution is -2.45. The van der Waals surface area contributed by atoms with E-state index in [1.54, 1.807) is 7.05 Å². The van der Waals surface area contributed by atoms with Gasteiger partial charge >= 0.3 is 0 Å². The molecule has 7 nitrogen and oxygen atoms in total. The SMILES string of the molecule is CNC(=O)[C@H](Cc1ccccc1)NCON=C(N)N. The van der Waals surface area contributed by atoms with Crippen LogP contribution in [0.5, 0.6) is 0 Å². The first kappa shape index (κ1) is 14.8. The number of oxime groups is 1. The van der Waals surface area contributed by atoms with Gasteiger partial charge in [-0.1, -0.05) is 30.3 Å². The molecule has 0 saturated heterocycles. The molecule has 0 aromatic heterocycles. The van der Waals surface area contributed by atoms with E-state index in [-0.39, 0.29) is 18.6 Å².